The number of nitrogens with one attached hydrogen (secondary N) is 3. The van der Waals surface area contributed by atoms with Crippen LogP contribution in [0, 0.1) is 0 Å². The van der Waals surface area contributed by atoms with Crippen molar-refractivity contribution in [3.63, 3.8) is 0 Å². The van der Waals surface area contributed by atoms with Crippen molar-refractivity contribution >= 4 is 33.0 Å². The van der Waals surface area contributed by atoms with E-state index in [0.29, 0.717) is 0 Å². The van der Waals surface area contributed by atoms with Crippen LogP contribution in [0.2, 0.25) is 0 Å². The monoisotopic (exact) mass is 355 g/mol. The second-order valence-electron chi connectivity index (χ2n) is 5.23. The van der Waals surface area contributed by atoms with E-state index in [9.17, 15) is 5.11 Å². The summed E-state index contributed by atoms with van der Waals surface area (Å²) in [7, 11) is 0. The summed E-state index contributed by atoms with van der Waals surface area (Å²) < 4.78 is 0.999. The first-order valence-corrected chi connectivity index (χ1v) is 7.80. The molecule has 3 aromatic rings. The number of aromatic amines is 1. The first kappa shape index (κ1) is 13.3. The summed E-state index contributed by atoms with van der Waals surface area (Å²) in [6.45, 7) is 0. The lowest BCUT2D eigenvalue weighted by Crippen LogP contribution is -2.11. The van der Waals surface area contributed by atoms with E-state index in [-0.39, 0.29) is 11.9 Å². The fourth-order valence-corrected chi connectivity index (χ4v) is 3.37. The standard InChI is InChI=1S/C17H14BrN3O/c18-11-6-2-1-5-10(11)16-15-14(9-19-17(15)22)20-12-7-3-4-8-13(12)21-16/h1-9,16,19-22H. The highest BCUT2D eigenvalue weighted by molar-refractivity contribution is 9.10. The Balaban J connectivity index is 1.93. The maximum absolute atomic E-state index is 10.3. The Morgan fingerprint density at radius 3 is 2.45 bits per heavy atom. The smallest absolute Gasteiger partial charge is 0.196 e. The van der Waals surface area contributed by atoms with Gasteiger partial charge in [0.25, 0.3) is 0 Å². The molecule has 4 nitrogen and oxygen atoms in total. The molecule has 0 spiro atoms. The normalized spacial score (nSPS) is 16.0. The molecular formula is C17H14BrN3O. The molecule has 2 aromatic carbocycles. The van der Waals surface area contributed by atoms with Crippen LogP contribution in [-0.2, 0) is 0 Å². The van der Waals surface area contributed by atoms with Crippen molar-refractivity contribution in [3.8, 4) is 5.88 Å². The minimum Gasteiger partial charge on any atom is -0.494 e. The van der Waals surface area contributed by atoms with Gasteiger partial charge in [-0.1, -0.05) is 46.3 Å². The Kier molecular flexibility index (Phi) is 3.08. The van der Waals surface area contributed by atoms with E-state index >= 15 is 0 Å². The Labute approximate surface area is 136 Å². The molecule has 1 aliphatic heterocycles. The molecule has 2 heterocycles. The Morgan fingerprint density at radius 1 is 0.909 bits per heavy atom. The molecule has 1 aliphatic rings. The molecule has 5 heteroatoms. The molecule has 0 saturated heterocycles. The maximum Gasteiger partial charge on any atom is 0.196 e. The van der Waals surface area contributed by atoms with Gasteiger partial charge in [0.1, 0.15) is 0 Å². The van der Waals surface area contributed by atoms with Crippen molar-refractivity contribution in [2.45, 2.75) is 6.04 Å². The van der Waals surface area contributed by atoms with Gasteiger partial charge in [0.2, 0.25) is 0 Å². The molecule has 0 radical (unpaired) electrons. The van der Waals surface area contributed by atoms with Crippen molar-refractivity contribution in [2.24, 2.45) is 0 Å². The summed E-state index contributed by atoms with van der Waals surface area (Å²) >= 11 is 3.61. The molecule has 0 fully saturated rings. The summed E-state index contributed by atoms with van der Waals surface area (Å²) in [5.74, 6) is 0.170. The predicted octanol–water partition coefficient (Wildman–Crippen LogP) is 4.74. The second-order valence-corrected chi connectivity index (χ2v) is 6.09. The number of hydrogen-bond donors (Lipinski definition) is 4. The fourth-order valence-electron chi connectivity index (χ4n) is 2.85. The van der Waals surface area contributed by atoms with Crippen LogP contribution >= 0.6 is 15.9 Å². The third kappa shape index (κ3) is 2.05. The SMILES string of the molecule is Oc1[nH]cc2c1C(c1ccccc1Br)Nc1ccccc1N2. The van der Waals surface area contributed by atoms with Gasteiger partial charge in [0.15, 0.2) is 5.88 Å². The van der Waals surface area contributed by atoms with Crippen LogP contribution in [0.4, 0.5) is 17.1 Å². The van der Waals surface area contributed by atoms with Gasteiger partial charge in [0, 0.05) is 10.7 Å². The van der Waals surface area contributed by atoms with Gasteiger partial charge in [-0.15, -0.1) is 0 Å². The summed E-state index contributed by atoms with van der Waals surface area (Å²) in [5.41, 5.74) is 4.73. The number of para-hydroxylation sites is 2. The minimum atomic E-state index is -0.159. The van der Waals surface area contributed by atoms with E-state index < -0.39 is 0 Å². The summed E-state index contributed by atoms with van der Waals surface area (Å²) in [6, 6.07) is 15.9. The molecule has 1 unspecified atom stereocenters. The predicted molar refractivity (Wildman–Crippen MR) is 91.8 cm³/mol. The van der Waals surface area contributed by atoms with Gasteiger partial charge in [-0.05, 0) is 23.8 Å². The fraction of sp³-hybridized carbons (Fsp3) is 0.0588. The number of benzene rings is 2. The third-order valence-corrected chi connectivity index (χ3v) is 4.62. The zero-order valence-electron chi connectivity index (χ0n) is 11.6. The lowest BCUT2D eigenvalue weighted by Gasteiger charge is -2.20. The van der Waals surface area contributed by atoms with E-state index in [2.05, 4.69) is 31.5 Å². The highest BCUT2D eigenvalue weighted by Crippen LogP contribution is 2.44. The third-order valence-electron chi connectivity index (χ3n) is 3.90. The molecule has 22 heavy (non-hydrogen) atoms. The minimum absolute atomic E-state index is 0.159. The largest absolute Gasteiger partial charge is 0.494 e. The van der Waals surface area contributed by atoms with E-state index in [4.69, 9.17) is 0 Å². The lowest BCUT2D eigenvalue weighted by atomic mass is 9.99. The molecular weight excluding hydrogens is 342 g/mol. The van der Waals surface area contributed by atoms with E-state index in [1.165, 1.54) is 0 Å². The number of fused-ring (bicyclic) bond motifs is 2. The van der Waals surface area contributed by atoms with Crippen LogP contribution in [-0.4, -0.2) is 10.1 Å². The van der Waals surface area contributed by atoms with Crippen LogP contribution in [0.5, 0.6) is 5.88 Å². The maximum atomic E-state index is 10.3. The number of aromatic nitrogens is 1. The van der Waals surface area contributed by atoms with Crippen molar-refractivity contribution in [3.05, 3.63) is 70.3 Å². The van der Waals surface area contributed by atoms with Gasteiger partial charge in [-0.3, -0.25) is 0 Å². The van der Waals surface area contributed by atoms with E-state index in [1.54, 1.807) is 6.20 Å². The van der Waals surface area contributed by atoms with Crippen LogP contribution in [0.3, 0.4) is 0 Å². The van der Waals surface area contributed by atoms with Crippen molar-refractivity contribution in [1.82, 2.24) is 4.98 Å². The van der Waals surface area contributed by atoms with E-state index in [1.807, 2.05) is 48.5 Å². The quantitative estimate of drug-likeness (QED) is 0.509. The topological polar surface area (TPSA) is 60.1 Å². The molecule has 4 N–H and O–H groups in total. The van der Waals surface area contributed by atoms with Crippen molar-refractivity contribution in [2.75, 3.05) is 10.6 Å². The lowest BCUT2D eigenvalue weighted by molar-refractivity contribution is 0.449. The number of aromatic hydroxyl groups is 1. The first-order valence-electron chi connectivity index (χ1n) is 7.01. The second kappa shape index (κ2) is 5.10. The average Bonchev–Trinajstić information content (AvgIpc) is 2.79. The molecule has 1 aromatic heterocycles. The molecule has 0 amide bonds. The Bertz CT molecular complexity index is 843. The Morgan fingerprint density at radius 2 is 1.64 bits per heavy atom. The zero-order chi connectivity index (χ0) is 15.1. The molecule has 0 bridgehead atoms. The molecule has 4 rings (SSSR count). The van der Waals surface area contributed by atoms with Crippen LogP contribution in [0.1, 0.15) is 17.2 Å². The van der Waals surface area contributed by atoms with Gasteiger partial charge >= 0.3 is 0 Å². The molecule has 0 aliphatic carbocycles. The van der Waals surface area contributed by atoms with Gasteiger partial charge in [-0.25, -0.2) is 0 Å². The molecule has 0 saturated carbocycles. The van der Waals surface area contributed by atoms with Crippen molar-refractivity contribution in [1.29, 1.82) is 0 Å². The van der Waals surface area contributed by atoms with Gasteiger partial charge in [0.05, 0.1) is 28.7 Å². The highest BCUT2D eigenvalue weighted by atomic mass is 79.9. The number of H-pyrrole nitrogens is 1. The molecule has 110 valence electrons. The van der Waals surface area contributed by atoms with Crippen LogP contribution in [0.25, 0.3) is 0 Å². The summed E-state index contributed by atoms with van der Waals surface area (Å²) in [6.07, 6.45) is 1.79. The molecule has 1 atom stereocenters. The van der Waals surface area contributed by atoms with Crippen LogP contribution in [0.15, 0.2) is 59.2 Å². The van der Waals surface area contributed by atoms with E-state index in [0.717, 1.165) is 32.7 Å². The number of halogens is 1. The number of rotatable bonds is 1. The van der Waals surface area contributed by atoms with Crippen molar-refractivity contribution < 1.29 is 5.11 Å². The Hall–Kier alpha value is -2.40. The van der Waals surface area contributed by atoms with Crippen LogP contribution < -0.4 is 10.6 Å². The number of hydrogen-bond acceptors (Lipinski definition) is 3. The zero-order valence-corrected chi connectivity index (χ0v) is 13.2. The summed E-state index contributed by atoms with van der Waals surface area (Å²) in [5, 5.41) is 17.2. The van der Waals surface area contributed by atoms with Gasteiger partial charge in [-0.2, -0.15) is 0 Å². The summed E-state index contributed by atoms with van der Waals surface area (Å²) in [4.78, 5) is 2.89. The average molecular weight is 356 g/mol. The number of anilines is 3. The first-order chi connectivity index (χ1) is 10.7. The van der Waals surface area contributed by atoms with Gasteiger partial charge < -0.3 is 20.7 Å². The highest BCUT2D eigenvalue weighted by Gasteiger charge is 2.28.